The van der Waals surface area contributed by atoms with Crippen molar-refractivity contribution in [3.8, 4) is 0 Å². The molecule has 0 saturated carbocycles. The van der Waals surface area contributed by atoms with Gasteiger partial charge >= 0.3 is 5.97 Å². The highest BCUT2D eigenvalue weighted by molar-refractivity contribution is 5.88. The van der Waals surface area contributed by atoms with Crippen LogP contribution in [0.15, 0.2) is 28.9 Å². The molecule has 0 aliphatic carbocycles. The van der Waals surface area contributed by atoms with E-state index in [0.29, 0.717) is 6.54 Å². The number of amides is 1. The summed E-state index contributed by atoms with van der Waals surface area (Å²) in [6.45, 7) is 0.657. The van der Waals surface area contributed by atoms with Gasteiger partial charge < -0.3 is 10.4 Å². The number of carboxylic acid groups (broad SMARTS) is 1. The van der Waals surface area contributed by atoms with Gasteiger partial charge in [0.1, 0.15) is 0 Å². The van der Waals surface area contributed by atoms with Gasteiger partial charge in [0.05, 0.1) is 5.70 Å². The van der Waals surface area contributed by atoms with E-state index < -0.39 is 5.97 Å². The van der Waals surface area contributed by atoms with Crippen LogP contribution in [-0.4, -0.2) is 29.7 Å². The Bertz CT molecular complexity index is 425. The molecule has 0 unspecified atom stereocenters. The lowest BCUT2D eigenvalue weighted by molar-refractivity contribution is -0.137. The van der Waals surface area contributed by atoms with Crippen molar-refractivity contribution < 1.29 is 14.7 Å². The fourth-order valence-electron chi connectivity index (χ4n) is 2.00. The first-order chi connectivity index (χ1) is 10.2. The summed E-state index contributed by atoms with van der Waals surface area (Å²) in [7, 11) is 0. The van der Waals surface area contributed by atoms with Gasteiger partial charge in [-0.3, -0.25) is 14.6 Å². The lowest BCUT2D eigenvalue weighted by Gasteiger charge is -2.03. The van der Waals surface area contributed by atoms with Crippen LogP contribution in [0.5, 0.6) is 0 Å². The molecule has 1 aliphatic rings. The number of allylic oxidation sites excluding steroid dienone is 2. The summed E-state index contributed by atoms with van der Waals surface area (Å²) in [6.07, 6.45) is 13.9. The molecule has 116 valence electrons. The Labute approximate surface area is 125 Å². The van der Waals surface area contributed by atoms with E-state index in [1.165, 1.54) is 6.08 Å². The first-order valence-corrected chi connectivity index (χ1v) is 7.59. The number of carbonyl (C=O) groups is 2. The predicted octanol–water partition coefficient (Wildman–Crippen LogP) is 2.83. The highest BCUT2D eigenvalue weighted by atomic mass is 16.4. The molecule has 0 aromatic rings. The average Bonchev–Trinajstić information content (AvgIpc) is 2.48. The molecule has 0 aromatic heterocycles. The normalized spacial score (nSPS) is 14.2. The second-order valence-corrected chi connectivity index (χ2v) is 5.05. The molecular weight excluding hydrogens is 268 g/mol. The van der Waals surface area contributed by atoms with Crippen molar-refractivity contribution in [3.63, 3.8) is 0 Å². The quantitative estimate of drug-likeness (QED) is 0.480. The van der Waals surface area contributed by atoms with Gasteiger partial charge in [0.25, 0.3) is 0 Å². The number of carbonyl (C=O) groups excluding carboxylic acids is 1. The molecule has 5 nitrogen and oxygen atoms in total. The van der Waals surface area contributed by atoms with Crippen LogP contribution in [0.1, 0.15) is 51.4 Å². The van der Waals surface area contributed by atoms with Gasteiger partial charge in [0, 0.05) is 25.3 Å². The van der Waals surface area contributed by atoms with E-state index in [0.717, 1.165) is 50.6 Å². The van der Waals surface area contributed by atoms with Crippen molar-refractivity contribution in [3.05, 3.63) is 23.9 Å². The molecule has 0 bridgehead atoms. The maximum absolute atomic E-state index is 11.6. The smallest absolute Gasteiger partial charge is 0.303 e. The van der Waals surface area contributed by atoms with E-state index in [4.69, 9.17) is 5.11 Å². The number of hydrogen-bond donors (Lipinski definition) is 2. The van der Waals surface area contributed by atoms with Crippen LogP contribution >= 0.6 is 0 Å². The fraction of sp³-hybridized carbons (Fsp3) is 0.562. The van der Waals surface area contributed by atoms with Gasteiger partial charge in [-0.05, 0) is 31.8 Å². The van der Waals surface area contributed by atoms with Crippen LogP contribution in [0.4, 0.5) is 0 Å². The number of nitrogens with zero attached hydrogens (tertiary/aromatic N) is 1. The minimum Gasteiger partial charge on any atom is -0.481 e. The topological polar surface area (TPSA) is 78.8 Å². The molecule has 0 aromatic carbocycles. The zero-order valence-corrected chi connectivity index (χ0v) is 12.4. The zero-order valence-electron chi connectivity index (χ0n) is 12.4. The van der Waals surface area contributed by atoms with E-state index in [1.807, 2.05) is 12.3 Å². The third-order valence-electron chi connectivity index (χ3n) is 3.16. The van der Waals surface area contributed by atoms with Crippen molar-refractivity contribution in [1.82, 2.24) is 5.32 Å². The highest BCUT2D eigenvalue weighted by Gasteiger charge is 1.99. The average molecular weight is 292 g/mol. The van der Waals surface area contributed by atoms with Crippen molar-refractivity contribution in [2.45, 2.75) is 51.4 Å². The van der Waals surface area contributed by atoms with Crippen LogP contribution in [0.3, 0.4) is 0 Å². The molecule has 2 N–H and O–H groups in total. The molecule has 1 amide bonds. The van der Waals surface area contributed by atoms with Crippen LogP contribution in [0.2, 0.25) is 0 Å². The Balaban J connectivity index is 1.98. The fourth-order valence-corrected chi connectivity index (χ4v) is 2.00. The predicted molar refractivity (Wildman–Crippen MR) is 83.3 cm³/mol. The summed E-state index contributed by atoms with van der Waals surface area (Å²) < 4.78 is 0. The minimum atomic E-state index is -0.730. The molecule has 1 rings (SSSR count). The number of carboxylic acids is 1. The highest BCUT2D eigenvalue weighted by Crippen LogP contribution is 2.07. The van der Waals surface area contributed by atoms with E-state index in [9.17, 15) is 9.59 Å². The summed E-state index contributed by atoms with van der Waals surface area (Å²) >= 11 is 0. The van der Waals surface area contributed by atoms with Gasteiger partial charge in [-0.1, -0.05) is 25.3 Å². The molecule has 0 saturated heterocycles. The number of unbranched alkanes of at least 4 members (excludes halogenated alkanes) is 4. The Morgan fingerprint density at radius 2 is 1.95 bits per heavy atom. The largest absolute Gasteiger partial charge is 0.481 e. The standard InChI is InChI=1S/C16H24N2O3/c19-15(11-10-14-8-5-7-12-17-14)18-13-6-3-1-2-4-9-16(20)21/h8,10-12H,1-7,9,13H2,(H,18,19)(H,20,21). The number of aliphatic carboxylic acids is 1. The number of aliphatic imine (C=N–C) groups is 1. The third-order valence-corrected chi connectivity index (χ3v) is 3.16. The maximum atomic E-state index is 11.6. The summed E-state index contributed by atoms with van der Waals surface area (Å²) in [5.41, 5.74) is 0.842. The second kappa shape index (κ2) is 10.8. The Hall–Kier alpha value is -1.91. The van der Waals surface area contributed by atoms with E-state index in [-0.39, 0.29) is 12.3 Å². The van der Waals surface area contributed by atoms with Gasteiger partial charge in [0.2, 0.25) is 5.91 Å². The molecule has 21 heavy (non-hydrogen) atoms. The lowest BCUT2D eigenvalue weighted by atomic mass is 10.1. The molecule has 0 radical (unpaired) electrons. The molecule has 0 fully saturated rings. The van der Waals surface area contributed by atoms with Crippen molar-refractivity contribution >= 4 is 18.1 Å². The molecule has 1 heterocycles. The lowest BCUT2D eigenvalue weighted by Crippen LogP contribution is -2.22. The van der Waals surface area contributed by atoms with Crippen LogP contribution in [0.25, 0.3) is 0 Å². The van der Waals surface area contributed by atoms with Gasteiger partial charge in [-0.15, -0.1) is 0 Å². The molecule has 0 spiro atoms. The van der Waals surface area contributed by atoms with E-state index >= 15 is 0 Å². The number of hydrogen-bond acceptors (Lipinski definition) is 3. The minimum absolute atomic E-state index is 0.0949. The summed E-state index contributed by atoms with van der Waals surface area (Å²) in [6, 6.07) is 0. The zero-order chi connectivity index (χ0) is 15.3. The van der Waals surface area contributed by atoms with Crippen LogP contribution in [0, 0.1) is 0 Å². The maximum Gasteiger partial charge on any atom is 0.303 e. The van der Waals surface area contributed by atoms with Crippen molar-refractivity contribution in [2.75, 3.05) is 6.54 Å². The third kappa shape index (κ3) is 9.60. The summed E-state index contributed by atoms with van der Waals surface area (Å²) in [5.74, 6) is -0.825. The molecule has 0 atom stereocenters. The first-order valence-electron chi connectivity index (χ1n) is 7.59. The Morgan fingerprint density at radius 3 is 2.67 bits per heavy atom. The van der Waals surface area contributed by atoms with Crippen molar-refractivity contribution in [2.24, 2.45) is 4.99 Å². The first kappa shape index (κ1) is 17.1. The summed E-state index contributed by atoms with van der Waals surface area (Å²) in [4.78, 5) is 26.1. The molecule has 1 aliphatic heterocycles. The van der Waals surface area contributed by atoms with E-state index in [1.54, 1.807) is 6.08 Å². The van der Waals surface area contributed by atoms with Gasteiger partial charge in [-0.2, -0.15) is 0 Å². The Morgan fingerprint density at radius 1 is 1.19 bits per heavy atom. The van der Waals surface area contributed by atoms with E-state index in [2.05, 4.69) is 10.3 Å². The number of rotatable bonds is 10. The van der Waals surface area contributed by atoms with Crippen LogP contribution < -0.4 is 5.32 Å². The second-order valence-electron chi connectivity index (χ2n) is 5.05. The SMILES string of the molecule is O=C(O)CCCCCCCNC(=O)C=CC1=CCCC=N1. The number of nitrogens with one attached hydrogen (secondary N) is 1. The van der Waals surface area contributed by atoms with Gasteiger partial charge in [0.15, 0.2) is 0 Å². The van der Waals surface area contributed by atoms with Crippen LogP contribution in [-0.2, 0) is 9.59 Å². The Kier molecular flexibility index (Phi) is 8.84. The monoisotopic (exact) mass is 292 g/mol. The van der Waals surface area contributed by atoms with Gasteiger partial charge in [-0.25, -0.2) is 0 Å². The molecule has 5 heteroatoms. The van der Waals surface area contributed by atoms with Crippen molar-refractivity contribution in [1.29, 1.82) is 0 Å². The summed E-state index contributed by atoms with van der Waals surface area (Å²) in [5, 5.41) is 11.3. The molecular formula is C16H24N2O3.